The van der Waals surface area contributed by atoms with Gasteiger partial charge in [-0.3, -0.25) is 24.2 Å². The fraction of sp³-hybridized carbons (Fsp3) is 0.606. The van der Waals surface area contributed by atoms with Gasteiger partial charge >= 0.3 is 0 Å². The number of anilines is 1. The van der Waals surface area contributed by atoms with Crippen LogP contribution in [-0.4, -0.2) is 101 Å². The van der Waals surface area contributed by atoms with E-state index in [1.54, 1.807) is 19.0 Å². The first-order valence-corrected chi connectivity index (χ1v) is 15.7. The number of fused-ring (bicyclic) bond motifs is 4. The minimum atomic E-state index is -2.65. The summed E-state index contributed by atoms with van der Waals surface area (Å²) in [6, 6.07) is 0.931. The molecule has 11 nitrogen and oxygen atoms in total. The van der Waals surface area contributed by atoms with E-state index in [4.69, 9.17) is 5.73 Å². The molecule has 0 bridgehead atoms. The number of hydrogen-bond donors (Lipinski definition) is 5. The number of primary amides is 1. The molecule has 6 rings (SSSR count). The number of hydrogen-bond acceptors (Lipinski definition) is 10. The van der Waals surface area contributed by atoms with E-state index in [1.807, 2.05) is 25.1 Å². The Morgan fingerprint density at radius 1 is 1.07 bits per heavy atom. The van der Waals surface area contributed by atoms with Crippen molar-refractivity contribution < 1.29 is 34.8 Å². The maximum Gasteiger partial charge on any atom is 0.255 e. The third-order valence-corrected chi connectivity index (χ3v) is 11.0. The van der Waals surface area contributed by atoms with E-state index < -0.39 is 58.0 Å². The number of aliphatic hydroxyl groups is 3. The van der Waals surface area contributed by atoms with Crippen LogP contribution in [0.2, 0.25) is 0 Å². The molecule has 11 heteroatoms. The number of amides is 1. The summed E-state index contributed by atoms with van der Waals surface area (Å²) < 4.78 is 0. The summed E-state index contributed by atoms with van der Waals surface area (Å²) in [5, 5.41) is 46.2. The molecule has 44 heavy (non-hydrogen) atoms. The lowest BCUT2D eigenvalue weighted by atomic mass is 9.58. The summed E-state index contributed by atoms with van der Waals surface area (Å²) >= 11 is 0. The smallest absolute Gasteiger partial charge is 0.255 e. The Kier molecular flexibility index (Phi) is 7.57. The van der Waals surface area contributed by atoms with E-state index in [2.05, 4.69) is 4.90 Å². The van der Waals surface area contributed by atoms with Crippen LogP contribution in [0.25, 0.3) is 0 Å². The van der Waals surface area contributed by atoms with Crippen LogP contribution in [0, 0.1) is 23.7 Å². The summed E-state index contributed by atoms with van der Waals surface area (Å²) in [6.45, 7) is 2.35. The number of phenols is 1. The number of ketones is 2. The fourth-order valence-corrected chi connectivity index (χ4v) is 8.93. The van der Waals surface area contributed by atoms with E-state index in [1.165, 1.54) is 25.7 Å². The molecule has 1 aromatic rings. The van der Waals surface area contributed by atoms with Crippen LogP contribution in [0.5, 0.6) is 5.75 Å². The lowest BCUT2D eigenvalue weighted by molar-refractivity contribution is -0.148. The van der Waals surface area contributed by atoms with Crippen molar-refractivity contribution in [3.05, 3.63) is 45.4 Å². The number of nitrogens with zero attached hydrogens (tertiary/aromatic N) is 3. The molecule has 6 atom stereocenters. The van der Waals surface area contributed by atoms with E-state index in [-0.39, 0.29) is 29.7 Å². The van der Waals surface area contributed by atoms with Crippen molar-refractivity contribution in [1.82, 2.24) is 9.80 Å². The van der Waals surface area contributed by atoms with Gasteiger partial charge in [0.2, 0.25) is 5.78 Å². The molecule has 0 radical (unpaired) electrons. The van der Waals surface area contributed by atoms with E-state index >= 15 is 0 Å². The summed E-state index contributed by atoms with van der Waals surface area (Å²) in [7, 11) is 7.00. The van der Waals surface area contributed by atoms with Crippen molar-refractivity contribution in [2.75, 3.05) is 46.2 Å². The van der Waals surface area contributed by atoms with Crippen molar-refractivity contribution in [3.8, 4) is 5.75 Å². The van der Waals surface area contributed by atoms with Crippen LogP contribution in [0.15, 0.2) is 28.7 Å². The van der Waals surface area contributed by atoms with Crippen LogP contribution in [-0.2, 0) is 22.6 Å². The van der Waals surface area contributed by atoms with Crippen LogP contribution in [0.4, 0.5) is 5.69 Å². The normalized spacial score (nSPS) is 32.3. The second-order valence-electron chi connectivity index (χ2n) is 13.9. The molecule has 4 unspecified atom stereocenters. The monoisotopic (exact) mass is 608 g/mol. The molecule has 2 fully saturated rings. The van der Waals surface area contributed by atoms with Gasteiger partial charge in [0.25, 0.3) is 5.91 Å². The number of carbonyl (C=O) groups excluding carboxylic acids is 3. The molecule has 6 N–H and O–H groups in total. The van der Waals surface area contributed by atoms with Crippen LogP contribution < -0.4 is 10.6 Å². The predicted octanol–water partition coefficient (Wildman–Crippen LogP) is 2.20. The molecular formula is C33H44N4O7. The van der Waals surface area contributed by atoms with Gasteiger partial charge in [-0.2, -0.15) is 0 Å². The van der Waals surface area contributed by atoms with Gasteiger partial charge < -0.3 is 31.1 Å². The largest absolute Gasteiger partial charge is 0.510 e. The molecule has 0 spiro atoms. The van der Waals surface area contributed by atoms with Gasteiger partial charge in [-0.1, -0.05) is 19.3 Å². The van der Waals surface area contributed by atoms with Gasteiger partial charge in [-0.25, -0.2) is 0 Å². The summed E-state index contributed by atoms with van der Waals surface area (Å²) in [5.41, 5.74) is 3.97. The van der Waals surface area contributed by atoms with E-state index in [0.29, 0.717) is 23.6 Å². The molecule has 1 amide bonds. The Morgan fingerprint density at radius 3 is 2.39 bits per heavy atom. The molecule has 1 aromatic carbocycles. The van der Waals surface area contributed by atoms with Crippen molar-refractivity contribution in [2.24, 2.45) is 29.4 Å². The van der Waals surface area contributed by atoms with Gasteiger partial charge in [-0.15, -0.1) is 0 Å². The molecule has 1 heterocycles. The Labute approximate surface area is 257 Å². The highest BCUT2D eigenvalue weighted by Crippen LogP contribution is 2.53. The van der Waals surface area contributed by atoms with Gasteiger partial charge in [0.05, 0.1) is 11.6 Å². The lowest BCUT2D eigenvalue weighted by Crippen LogP contribution is -2.63. The Hall–Kier alpha value is -3.41. The van der Waals surface area contributed by atoms with Gasteiger partial charge in [0.15, 0.2) is 11.4 Å². The first-order chi connectivity index (χ1) is 20.8. The zero-order chi connectivity index (χ0) is 31.8. The zero-order valence-corrected chi connectivity index (χ0v) is 26.0. The van der Waals surface area contributed by atoms with Crippen molar-refractivity contribution in [3.63, 3.8) is 0 Å². The fourth-order valence-electron chi connectivity index (χ4n) is 8.93. The van der Waals surface area contributed by atoms with Gasteiger partial charge in [0.1, 0.15) is 22.8 Å². The SMILES string of the molecule is CN(C)c1cc(CN2CCC3CCCCC3C2)c(O)c2c1CC1CC3[C@H](N(C)C)C(O)=C(C(N)=O)C(=O)[C@@]3(O)C(O)=C1C2=O. The molecule has 1 saturated heterocycles. The standard InChI is InChI=1S/C33H44N4O7/c1-35(2)22-13-19(15-37-10-9-16-7-5-6-8-17(16)14-37)27(38)24-20(22)11-18-12-21-26(36(3)4)29(40)25(32(34)43)31(42)33(21,44)30(41)23(18)28(24)39/h13,16-18,21,26,38,40-41,44H,5-12,14-15H2,1-4H3,(H2,34,43)/t16?,17?,18?,21?,26-,33-/m0/s1. The minimum absolute atomic E-state index is 0.0669. The Morgan fingerprint density at radius 2 is 1.75 bits per heavy atom. The van der Waals surface area contributed by atoms with Crippen LogP contribution >= 0.6 is 0 Å². The van der Waals surface area contributed by atoms with Crippen LogP contribution in [0.3, 0.4) is 0 Å². The zero-order valence-electron chi connectivity index (χ0n) is 26.0. The van der Waals surface area contributed by atoms with Crippen molar-refractivity contribution in [2.45, 2.75) is 63.1 Å². The highest BCUT2D eigenvalue weighted by Gasteiger charge is 2.63. The number of allylic oxidation sites excluding steroid dienone is 1. The van der Waals surface area contributed by atoms with E-state index in [0.717, 1.165) is 31.1 Å². The highest BCUT2D eigenvalue weighted by atomic mass is 16.3. The minimum Gasteiger partial charge on any atom is -0.510 e. The summed E-state index contributed by atoms with van der Waals surface area (Å²) in [5.74, 6) is -4.93. The number of likely N-dealkylation sites (N-methyl/N-ethyl adjacent to an activating group) is 1. The number of piperidine rings is 1. The number of likely N-dealkylation sites (tertiary alicyclic amines) is 1. The number of rotatable bonds is 5. The quantitative estimate of drug-likeness (QED) is 0.313. The number of carbonyl (C=O) groups is 3. The third-order valence-electron chi connectivity index (χ3n) is 11.0. The Bertz CT molecular complexity index is 1500. The van der Waals surface area contributed by atoms with Crippen LogP contribution in [0.1, 0.15) is 60.0 Å². The first kappa shape index (κ1) is 30.6. The molecule has 4 aliphatic carbocycles. The summed E-state index contributed by atoms with van der Waals surface area (Å²) in [6.07, 6.45) is 6.50. The highest BCUT2D eigenvalue weighted by molar-refractivity contribution is 6.25. The molecular weight excluding hydrogens is 564 g/mol. The topological polar surface area (TPSA) is 168 Å². The molecule has 1 saturated carbocycles. The first-order valence-electron chi connectivity index (χ1n) is 15.7. The molecule has 238 valence electrons. The second-order valence-corrected chi connectivity index (χ2v) is 13.9. The Balaban J connectivity index is 1.43. The number of Topliss-reactive ketones (excluding diaryl/α,β-unsaturated/α-hetero) is 2. The maximum atomic E-state index is 14.3. The van der Waals surface area contributed by atoms with Crippen molar-refractivity contribution in [1.29, 1.82) is 0 Å². The van der Waals surface area contributed by atoms with Gasteiger partial charge in [0, 0.05) is 49.9 Å². The maximum absolute atomic E-state index is 14.3. The average Bonchev–Trinajstić information content (AvgIpc) is 2.95. The predicted molar refractivity (Wildman–Crippen MR) is 163 cm³/mol. The number of aliphatic hydroxyl groups excluding tert-OH is 2. The summed E-state index contributed by atoms with van der Waals surface area (Å²) in [4.78, 5) is 45.9. The molecule has 0 aromatic heterocycles. The molecule has 1 aliphatic heterocycles. The number of phenolic OH excluding ortho intramolecular Hbond substituents is 1. The second kappa shape index (κ2) is 10.9. The number of nitrogens with two attached hydrogens (primary N) is 1. The van der Waals surface area contributed by atoms with Gasteiger partial charge in [-0.05, 0) is 75.7 Å². The third kappa shape index (κ3) is 4.46. The number of aromatic hydroxyl groups is 1. The average molecular weight is 609 g/mol. The van der Waals surface area contributed by atoms with Crippen molar-refractivity contribution >= 4 is 23.2 Å². The molecule has 5 aliphatic rings. The van der Waals surface area contributed by atoms with E-state index in [9.17, 15) is 34.8 Å². The number of benzene rings is 1. The lowest BCUT2D eigenvalue weighted by Gasteiger charge is -2.50.